The van der Waals surface area contributed by atoms with Gasteiger partial charge in [0.25, 0.3) is 0 Å². The third kappa shape index (κ3) is 16.0. The number of hydrogen-bond acceptors (Lipinski definition) is 4. The lowest BCUT2D eigenvalue weighted by atomic mass is 10.1. The highest BCUT2D eigenvalue weighted by Gasteiger charge is 2.01. The number of nitrogens with one attached hydrogen (secondary N) is 2. The lowest BCUT2D eigenvalue weighted by Crippen LogP contribution is -2.38. The highest BCUT2D eigenvalue weighted by molar-refractivity contribution is 14.0. The number of rotatable bonds is 11. The molecule has 5 nitrogen and oxygen atoms in total. The van der Waals surface area contributed by atoms with Crippen molar-refractivity contribution in [1.29, 1.82) is 0 Å². The summed E-state index contributed by atoms with van der Waals surface area (Å²) in [6.45, 7) is 4.16. The molecule has 0 rings (SSSR count). The maximum Gasteiger partial charge on any atom is 0.305 e. The number of aliphatic imine (C=N–C) groups is 1. The molecule has 0 fully saturated rings. The first-order valence-electron chi connectivity index (χ1n) is 7.33. The number of esters is 1. The summed E-state index contributed by atoms with van der Waals surface area (Å²) in [4.78, 5) is 15.3. The Morgan fingerprint density at radius 3 is 2.43 bits per heavy atom. The summed E-state index contributed by atoms with van der Waals surface area (Å²) >= 11 is 1.81. The van der Waals surface area contributed by atoms with Crippen molar-refractivity contribution in [3.8, 4) is 0 Å². The molecule has 0 aliphatic rings. The number of halogens is 1. The predicted molar refractivity (Wildman–Crippen MR) is 103 cm³/mol. The van der Waals surface area contributed by atoms with E-state index in [1.54, 1.807) is 7.05 Å². The van der Waals surface area contributed by atoms with Gasteiger partial charge in [-0.1, -0.05) is 12.8 Å². The highest BCUT2D eigenvalue weighted by atomic mass is 127. The summed E-state index contributed by atoms with van der Waals surface area (Å²) < 4.78 is 4.89. The minimum absolute atomic E-state index is 0. The first-order chi connectivity index (χ1) is 9.74. The molecule has 0 atom stereocenters. The summed E-state index contributed by atoms with van der Waals surface area (Å²) in [5.74, 6) is 1.86. The van der Waals surface area contributed by atoms with Crippen LogP contribution in [0.5, 0.6) is 0 Å². The zero-order valence-corrected chi connectivity index (χ0v) is 16.6. The van der Waals surface area contributed by atoms with E-state index >= 15 is 0 Å². The number of hydrogen-bond donors (Lipinski definition) is 2. The maximum atomic E-state index is 11.1. The smallest absolute Gasteiger partial charge is 0.305 e. The van der Waals surface area contributed by atoms with Crippen LogP contribution in [0.3, 0.4) is 0 Å². The van der Waals surface area contributed by atoms with Crippen LogP contribution in [0.2, 0.25) is 0 Å². The zero-order valence-electron chi connectivity index (χ0n) is 13.4. The Kier molecular flexibility index (Phi) is 19.7. The quantitative estimate of drug-likeness (QED) is 0.173. The lowest BCUT2D eigenvalue weighted by molar-refractivity contribution is -0.143. The third-order valence-electron chi connectivity index (χ3n) is 2.73. The van der Waals surface area contributed by atoms with E-state index in [1.807, 2.05) is 18.7 Å². The molecular weight excluding hydrogens is 401 g/mol. The van der Waals surface area contributed by atoms with Crippen LogP contribution in [-0.2, 0) is 9.53 Å². The minimum atomic E-state index is -0.0796. The second-order valence-corrected chi connectivity index (χ2v) is 5.37. The molecule has 0 bridgehead atoms. The standard InChI is InChI=1S/C14H29N3O2S.HI/c1-4-19-13(18)9-7-5-6-8-10-16-14(15-2)17-11-12-20-3;/h4-12H2,1-3H3,(H2,15,16,17);1H. The fraction of sp³-hybridized carbons (Fsp3) is 0.857. The number of thioether (sulfide) groups is 1. The van der Waals surface area contributed by atoms with E-state index < -0.39 is 0 Å². The van der Waals surface area contributed by atoms with E-state index in [0.717, 1.165) is 50.5 Å². The molecule has 21 heavy (non-hydrogen) atoms. The summed E-state index contributed by atoms with van der Waals surface area (Å²) in [5, 5.41) is 6.54. The molecule has 0 spiro atoms. The molecule has 0 unspecified atom stereocenters. The van der Waals surface area contributed by atoms with Crippen molar-refractivity contribution in [1.82, 2.24) is 10.6 Å². The van der Waals surface area contributed by atoms with Crippen molar-refractivity contribution in [2.75, 3.05) is 38.8 Å². The van der Waals surface area contributed by atoms with Crippen LogP contribution >= 0.6 is 35.7 Å². The molecule has 0 radical (unpaired) electrons. The van der Waals surface area contributed by atoms with Gasteiger partial charge in [0.15, 0.2) is 5.96 Å². The van der Waals surface area contributed by atoms with E-state index in [9.17, 15) is 4.79 Å². The fourth-order valence-electron chi connectivity index (χ4n) is 1.68. The van der Waals surface area contributed by atoms with Gasteiger partial charge in [0, 0.05) is 32.3 Å². The molecule has 0 aromatic rings. The van der Waals surface area contributed by atoms with Crippen molar-refractivity contribution in [3.63, 3.8) is 0 Å². The van der Waals surface area contributed by atoms with Crippen molar-refractivity contribution >= 4 is 47.7 Å². The molecule has 0 aliphatic carbocycles. The van der Waals surface area contributed by atoms with Crippen molar-refractivity contribution in [2.24, 2.45) is 4.99 Å². The monoisotopic (exact) mass is 431 g/mol. The van der Waals surface area contributed by atoms with Gasteiger partial charge in [0.05, 0.1) is 6.61 Å². The van der Waals surface area contributed by atoms with Gasteiger partial charge in [0.2, 0.25) is 0 Å². The molecule has 7 heteroatoms. The molecule has 0 aliphatic heterocycles. The van der Waals surface area contributed by atoms with Crippen LogP contribution in [0.1, 0.15) is 39.0 Å². The SMILES string of the molecule is CCOC(=O)CCCCCCNC(=NC)NCCSC.I. The Labute approximate surface area is 150 Å². The maximum absolute atomic E-state index is 11.1. The Morgan fingerprint density at radius 1 is 1.14 bits per heavy atom. The third-order valence-corrected chi connectivity index (χ3v) is 3.34. The molecule has 0 aromatic carbocycles. The van der Waals surface area contributed by atoms with Crippen LogP contribution < -0.4 is 10.6 Å². The molecule has 0 aromatic heterocycles. The number of nitrogens with zero attached hydrogens (tertiary/aromatic N) is 1. The van der Waals surface area contributed by atoms with Gasteiger partial charge in [0.1, 0.15) is 0 Å². The average Bonchev–Trinajstić information content (AvgIpc) is 2.44. The van der Waals surface area contributed by atoms with E-state index in [2.05, 4.69) is 21.9 Å². The molecule has 0 saturated carbocycles. The number of guanidine groups is 1. The van der Waals surface area contributed by atoms with Crippen molar-refractivity contribution < 1.29 is 9.53 Å². The van der Waals surface area contributed by atoms with Crippen LogP contribution in [-0.4, -0.2) is 50.7 Å². The Hall–Kier alpha value is -0.180. The van der Waals surface area contributed by atoms with Gasteiger partial charge in [-0.25, -0.2) is 0 Å². The minimum Gasteiger partial charge on any atom is -0.466 e. The highest BCUT2D eigenvalue weighted by Crippen LogP contribution is 2.03. The number of ether oxygens (including phenoxy) is 1. The summed E-state index contributed by atoms with van der Waals surface area (Å²) in [6.07, 6.45) is 6.83. The second kappa shape index (κ2) is 17.9. The molecule has 0 saturated heterocycles. The normalized spacial score (nSPS) is 10.7. The molecular formula is C14H30IN3O2S. The molecule has 2 N–H and O–H groups in total. The van der Waals surface area contributed by atoms with Gasteiger partial charge in [-0.05, 0) is 26.0 Å². The molecule has 126 valence electrons. The first kappa shape index (κ1) is 23.1. The summed E-state index contributed by atoms with van der Waals surface area (Å²) in [5.41, 5.74) is 0. The van der Waals surface area contributed by atoms with Crippen LogP contribution in [0.25, 0.3) is 0 Å². The van der Waals surface area contributed by atoms with Gasteiger partial charge < -0.3 is 15.4 Å². The Morgan fingerprint density at radius 2 is 1.81 bits per heavy atom. The summed E-state index contributed by atoms with van der Waals surface area (Å²) in [6, 6.07) is 0. The second-order valence-electron chi connectivity index (χ2n) is 4.39. The topological polar surface area (TPSA) is 62.7 Å². The Bertz CT molecular complexity index is 279. The lowest BCUT2D eigenvalue weighted by Gasteiger charge is -2.11. The van der Waals surface area contributed by atoms with Crippen molar-refractivity contribution in [3.05, 3.63) is 0 Å². The molecule has 0 amide bonds. The number of carbonyl (C=O) groups excluding carboxylic acids is 1. The number of carbonyl (C=O) groups is 1. The van der Waals surface area contributed by atoms with Crippen molar-refractivity contribution in [2.45, 2.75) is 39.0 Å². The van der Waals surface area contributed by atoms with Gasteiger partial charge in [-0.3, -0.25) is 9.79 Å². The van der Waals surface area contributed by atoms with E-state index in [-0.39, 0.29) is 29.9 Å². The van der Waals surface area contributed by atoms with Crippen LogP contribution in [0.4, 0.5) is 0 Å². The van der Waals surface area contributed by atoms with E-state index in [0.29, 0.717) is 13.0 Å². The van der Waals surface area contributed by atoms with Gasteiger partial charge in [-0.2, -0.15) is 11.8 Å². The molecule has 0 heterocycles. The van der Waals surface area contributed by atoms with Crippen LogP contribution in [0.15, 0.2) is 4.99 Å². The first-order valence-corrected chi connectivity index (χ1v) is 8.73. The Balaban J connectivity index is 0. The van der Waals surface area contributed by atoms with Gasteiger partial charge >= 0.3 is 5.97 Å². The van der Waals surface area contributed by atoms with E-state index in [1.165, 1.54) is 0 Å². The largest absolute Gasteiger partial charge is 0.466 e. The van der Waals surface area contributed by atoms with Gasteiger partial charge in [-0.15, -0.1) is 24.0 Å². The number of unbranched alkanes of at least 4 members (excludes halogenated alkanes) is 3. The zero-order chi connectivity index (χ0) is 15.1. The van der Waals surface area contributed by atoms with E-state index in [4.69, 9.17) is 4.74 Å². The fourth-order valence-corrected chi connectivity index (χ4v) is 1.99. The van der Waals surface area contributed by atoms with Crippen LogP contribution in [0, 0.1) is 0 Å². The average molecular weight is 431 g/mol. The predicted octanol–water partition coefficient (Wildman–Crippen LogP) is 2.65. The summed E-state index contributed by atoms with van der Waals surface area (Å²) in [7, 11) is 1.79.